The van der Waals surface area contributed by atoms with Gasteiger partial charge in [-0.25, -0.2) is 4.99 Å². The number of aliphatic imine (C=N–C) groups is 1. The van der Waals surface area contributed by atoms with Crippen LogP contribution in [0, 0.1) is 12.8 Å². The molecule has 1 unspecified atom stereocenters. The number of aryl methyl sites for hydroxylation is 1. The van der Waals surface area contributed by atoms with Crippen molar-refractivity contribution in [1.82, 2.24) is 25.4 Å². The Morgan fingerprint density at radius 2 is 1.96 bits per heavy atom. The molecule has 0 aromatic carbocycles. The smallest absolute Gasteiger partial charge is 0.191 e. The highest BCUT2D eigenvalue weighted by Crippen LogP contribution is 2.13. The lowest BCUT2D eigenvalue weighted by atomic mass is 9.97. The minimum absolute atomic E-state index is 0.544. The summed E-state index contributed by atoms with van der Waals surface area (Å²) in [6, 6.07) is 0. The average molecular weight is 383 g/mol. The van der Waals surface area contributed by atoms with Crippen LogP contribution in [0.15, 0.2) is 4.99 Å². The zero-order chi connectivity index (χ0) is 19.2. The first-order valence-corrected chi connectivity index (χ1v) is 11.4. The lowest BCUT2D eigenvalue weighted by Crippen LogP contribution is -2.40. The van der Waals surface area contributed by atoms with Gasteiger partial charge in [-0.2, -0.15) is 11.8 Å². The van der Waals surface area contributed by atoms with E-state index in [0.29, 0.717) is 6.54 Å². The molecule has 0 saturated carbocycles. The van der Waals surface area contributed by atoms with Crippen molar-refractivity contribution in [3.63, 3.8) is 0 Å². The molecule has 7 heteroatoms. The van der Waals surface area contributed by atoms with Crippen LogP contribution in [0.1, 0.15) is 64.0 Å². The van der Waals surface area contributed by atoms with Gasteiger partial charge in [-0.05, 0) is 44.1 Å². The zero-order valence-electron chi connectivity index (χ0n) is 17.3. The van der Waals surface area contributed by atoms with Crippen LogP contribution in [-0.2, 0) is 13.6 Å². The van der Waals surface area contributed by atoms with Gasteiger partial charge in [-0.3, -0.25) is 0 Å². The van der Waals surface area contributed by atoms with E-state index in [1.807, 2.05) is 30.3 Å². The quantitative estimate of drug-likeness (QED) is 0.310. The van der Waals surface area contributed by atoms with E-state index in [1.54, 1.807) is 0 Å². The fourth-order valence-corrected chi connectivity index (χ4v) is 3.26. The van der Waals surface area contributed by atoms with Gasteiger partial charge >= 0.3 is 0 Å². The van der Waals surface area contributed by atoms with Gasteiger partial charge in [-0.15, -0.1) is 10.2 Å². The summed E-state index contributed by atoms with van der Waals surface area (Å²) in [5.41, 5.74) is 0. The highest BCUT2D eigenvalue weighted by Gasteiger charge is 2.09. The van der Waals surface area contributed by atoms with Crippen LogP contribution in [0.5, 0.6) is 0 Å². The Labute approximate surface area is 164 Å². The van der Waals surface area contributed by atoms with Crippen molar-refractivity contribution in [1.29, 1.82) is 0 Å². The summed E-state index contributed by atoms with van der Waals surface area (Å²) in [5.74, 6) is 4.58. The van der Waals surface area contributed by atoms with E-state index < -0.39 is 0 Å². The minimum atomic E-state index is 0.544. The lowest BCUT2D eigenvalue weighted by Gasteiger charge is -2.19. The maximum absolute atomic E-state index is 4.74. The highest BCUT2D eigenvalue weighted by atomic mass is 32.2. The van der Waals surface area contributed by atoms with E-state index >= 15 is 0 Å². The molecule has 1 aromatic rings. The summed E-state index contributed by atoms with van der Waals surface area (Å²) >= 11 is 1.88. The van der Waals surface area contributed by atoms with Crippen LogP contribution in [-0.4, -0.2) is 45.8 Å². The number of thioether (sulfide) groups is 1. The molecule has 1 rings (SSSR count). The lowest BCUT2D eigenvalue weighted by molar-refractivity contribution is 0.423. The van der Waals surface area contributed by atoms with E-state index in [0.717, 1.165) is 48.8 Å². The number of nitrogens with one attached hydrogen (secondary N) is 2. The van der Waals surface area contributed by atoms with Crippen molar-refractivity contribution < 1.29 is 0 Å². The van der Waals surface area contributed by atoms with Crippen LogP contribution < -0.4 is 10.6 Å². The second kappa shape index (κ2) is 13.9. The second-order valence-corrected chi connectivity index (χ2v) is 7.82. The first-order valence-electron chi connectivity index (χ1n) is 9.98. The molecule has 150 valence electrons. The highest BCUT2D eigenvalue weighted by molar-refractivity contribution is 7.98. The van der Waals surface area contributed by atoms with Gasteiger partial charge in [0.15, 0.2) is 11.8 Å². The van der Waals surface area contributed by atoms with E-state index in [2.05, 4.69) is 40.9 Å². The van der Waals surface area contributed by atoms with Gasteiger partial charge in [0, 0.05) is 20.1 Å². The van der Waals surface area contributed by atoms with Gasteiger partial charge in [-0.1, -0.05) is 33.1 Å². The third-order valence-corrected chi connectivity index (χ3v) is 5.30. The van der Waals surface area contributed by atoms with E-state index in [1.165, 1.54) is 32.1 Å². The average Bonchev–Trinajstić information content (AvgIpc) is 2.96. The monoisotopic (exact) mass is 382 g/mol. The Hall–Kier alpha value is -1.24. The van der Waals surface area contributed by atoms with Crippen molar-refractivity contribution in [2.24, 2.45) is 18.0 Å². The van der Waals surface area contributed by atoms with Crippen LogP contribution in [0.2, 0.25) is 0 Å². The zero-order valence-corrected chi connectivity index (χ0v) is 18.2. The predicted molar refractivity (Wildman–Crippen MR) is 114 cm³/mol. The molecule has 2 N–H and O–H groups in total. The number of hydrogen-bond donors (Lipinski definition) is 2. The van der Waals surface area contributed by atoms with Crippen molar-refractivity contribution in [3.8, 4) is 0 Å². The third-order valence-electron chi connectivity index (χ3n) is 4.60. The standard InChI is InChI=1S/C19H38N6S/c1-6-8-11-17(10-7-2)14-21-19(20-12-9-13-26-5)22-15-18-24-23-16(3)25(18)4/h17H,6-15H2,1-5H3,(H2,20,21,22). The first kappa shape index (κ1) is 22.8. The minimum Gasteiger partial charge on any atom is -0.356 e. The van der Waals surface area contributed by atoms with Gasteiger partial charge in [0.2, 0.25) is 0 Å². The normalized spacial score (nSPS) is 13.0. The summed E-state index contributed by atoms with van der Waals surface area (Å²) < 4.78 is 2.00. The van der Waals surface area contributed by atoms with Crippen molar-refractivity contribution in [2.45, 2.75) is 65.8 Å². The van der Waals surface area contributed by atoms with E-state index in [9.17, 15) is 0 Å². The van der Waals surface area contributed by atoms with Crippen molar-refractivity contribution in [3.05, 3.63) is 11.6 Å². The molecular formula is C19H38N6S. The summed E-state index contributed by atoms with van der Waals surface area (Å²) in [4.78, 5) is 4.74. The predicted octanol–water partition coefficient (Wildman–Crippen LogP) is 3.52. The largest absolute Gasteiger partial charge is 0.356 e. The first-order chi connectivity index (χ1) is 12.6. The molecule has 1 atom stereocenters. The Morgan fingerprint density at radius 1 is 1.15 bits per heavy atom. The molecule has 0 aliphatic heterocycles. The van der Waals surface area contributed by atoms with E-state index in [-0.39, 0.29) is 0 Å². The van der Waals surface area contributed by atoms with Gasteiger partial charge < -0.3 is 15.2 Å². The fraction of sp³-hybridized carbons (Fsp3) is 0.842. The van der Waals surface area contributed by atoms with Gasteiger partial charge in [0.05, 0.1) is 0 Å². The molecular weight excluding hydrogens is 344 g/mol. The molecule has 0 aliphatic rings. The third kappa shape index (κ3) is 8.92. The van der Waals surface area contributed by atoms with Crippen LogP contribution >= 0.6 is 11.8 Å². The molecule has 0 bridgehead atoms. The Bertz CT molecular complexity index is 514. The molecule has 0 aliphatic carbocycles. The number of aromatic nitrogens is 3. The Kier molecular flexibility index (Phi) is 12.2. The molecule has 6 nitrogen and oxygen atoms in total. The van der Waals surface area contributed by atoms with Crippen molar-refractivity contribution >= 4 is 17.7 Å². The summed E-state index contributed by atoms with van der Waals surface area (Å²) in [7, 11) is 1.99. The number of unbranched alkanes of at least 4 members (excludes halogenated alkanes) is 1. The second-order valence-electron chi connectivity index (χ2n) is 6.84. The molecule has 1 aromatic heterocycles. The summed E-state index contributed by atoms with van der Waals surface area (Å²) in [5, 5.41) is 15.4. The van der Waals surface area contributed by atoms with Crippen molar-refractivity contribution in [2.75, 3.05) is 25.1 Å². The topological polar surface area (TPSA) is 67.1 Å². The van der Waals surface area contributed by atoms with Crippen LogP contribution in [0.3, 0.4) is 0 Å². The SMILES string of the molecule is CCCCC(CCC)CNC(=NCc1nnc(C)n1C)NCCCSC. The molecule has 0 fully saturated rings. The summed E-state index contributed by atoms with van der Waals surface area (Å²) in [6.07, 6.45) is 9.65. The van der Waals surface area contributed by atoms with Crippen LogP contribution in [0.25, 0.3) is 0 Å². The number of hydrogen-bond acceptors (Lipinski definition) is 4. The summed E-state index contributed by atoms with van der Waals surface area (Å²) in [6.45, 7) is 8.97. The number of guanidine groups is 1. The number of rotatable bonds is 13. The molecule has 1 heterocycles. The fourth-order valence-electron chi connectivity index (χ4n) is 2.83. The molecule has 0 radical (unpaired) electrons. The van der Waals surface area contributed by atoms with E-state index in [4.69, 9.17) is 4.99 Å². The van der Waals surface area contributed by atoms with Gasteiger partial charge in [0.1, 0.15) is 12.4 Å². The Morgan fingerprint density at radius 3 is 2.58 bits per heavy atom. The van der Waals surface area contributed by atoms with Gasteiger partial charge in [0.25, 0.3) is 0 Å². The Balaban J connectivity index is 2.63. The molecule has 26 heavy (non-hydrogen) atoms. The molecule has 0 saturated heterocycles. The van der Waals surface area contributed by atoms with Crippen LogP contribution in [0.4, 0.5) is 0 Å². The molecule has 0 amide bonds. The maximum Gasteiger partial charge on any atom is 0.191 e. The molecule has 0 spiro atoms. The maximum atomic E-state index is 4.74. The number of nitrogens with zero attached hydrogens (tertiary/aromatic N) is 4.